The van der Waals surface area contributed by atoms with Crippen LogP contribution in [0.2, 0.25) is 0 Å². The first-order valence-electron chi connectivity index (χ1n) is 23.5. The number of fused-ring (bicyclic) bond motifs is 2. The van der Waals surface area contributed by atoms with E-state index in [0.717, 1.165) is 24.5 Å². The molecule has 20 heteroatoms. The Balaban J connectivity index is 0.606. The number of likely N-dealkylation sites (N-methyl/N-ethyl adjacent to an activating group) is 2. The summed E-state index contributed by atoms with van der Waals surface area (Å²) in [5.74, 6) is 1.11. The van der Waals surface area contributed by atoms with Crippen molar-refractivity contribution >= 4 is 21.9 Å². The third-order valence-corrected chi connectivity index (χ3v) is 11.2. The maximum atomic E-state index is 13.5. The predicted octanol–water partition coefficient (Wildman–Crippen LogP) is 6.48. The molecule has 0 saturated carbocycles. The van der Waals surface area contributed by atoms with Crippen LogP contribution >= 0.6 is 0 Å². The number of halogens is 2. The molecular weight excluding hydrogens is 935 g/mol. The van der Waals surface area contributed by atoms with Crippen molar-refractivity contribution < 1.29 is 46.0 Å². The quantitative estimate of drug-likeness (QED) is 0.0464. The maximum absolute atomic E-state index is 13.5. The molecule has 4 aromatic heterocycles. The summed E-state index contributed by atoms with van der Waals surface area (Å²) in [4.78, 5) is 29.3. The van der Waals surface area contributed by atoms with Crippen LogP contribution in [0.5, 0.6) is 11.5 Å². The van der Waals surface area contributed by atoms with E-state index in [1.165, 1.54) is 48.5 Å². The molecule has 4 aromatic carbocycles. The Morgan fingerprint density at radius 1 is 0.500 bits per heavy atom. The fraction of sp³-hybridized carbons (Fsp3) is 0.346. The summed E-state index contributed by atoms with van der Waals surface area (Å²) < 4.78 is 76.5. The maximum Gasteiger partial charge on any atom is 0.193 e. The van der Waals surface area contributed by atoms with E-state index in [9.17, 15) is 18.4 Å². The number of rotatable bonds is 29. The predicted molar refractivity (Wildman–Crippen MR) is 263 cm³/mol. The first kappa shape index (κ1) is 51.2. The van der Waals surface area contributed by atoms with Crippen LogP contribution in [0.15, 0.2) is 128 Å². The molecule has 0 fully saturated rings. The van der Waals surface area contributed by atoms with Gasteiger partial charge in [-0.3, -0.25) is 19.4 Å². The van der Waals surface area contributed by atoms with Gasteiger partial charge in [-0.25, -0.2) is 18.1 Å². The van der Waals surface area contributed by atoms with Crippen molar-refractivity contribution in [2.45, 2.75) is 26.2 Å². The van der Waals surface area contributed by atoms with Crippen molar-refractivity contribution in [1.29, 1.82) is 0 Å². The minimum atomic E-state index is -0.487. The highest BCUT2D eigenvalue weighted by atomic mass is 19.1. The van der Waals surface area contributed by atoms with Gasteiger partial charge in [-0.2, -0.15) is 0 Å². The van der Waals surface area contributed by atoms with Crippen molar-refractivity contribution in [1.82, 2.24) is 39.8 Å². The van der Waals surface area contributed by atoms with Crippen LogP contribution in [0.1, 0.15) is 11.4 Å². The SMILES string of the molecule is CN(CCN(C)Cc1cn(CCOCCOCCOc2ccc(-c3cc(=O)c4cc(F)ccc4o3)cc2)nn1)Cc1cn(CCOCCOCCOc2ccc(-c3cc(=O)c4cc(F)ccc4o3)cc2)nn1. The van der Waals surface area contributed by atoms with Gasteiger partial charge in [0.15, 0.2) is 10.9 Å². The van der Waals surface area contributed by atoms with Crippen molar-refractivity contribution in [2.24, 2.45) is 0 Å². The average Bonchev–Trinajstić information content (AvgIpc) is 4.04. The van der Waals surface area contributed by atoms with E-state index in [4.69, 9.17) is 37.3 Å². The average molecular weight is 991 g/mol. The molecule has 0 spiro atoms. The Kier molecular flexibility index (Phi) is 18.3. The number of hydrogen-bond donors (Lipinski definition) is 0. The molecule has 0 saturated heterocycles. The Morgan fingerprint density at radius 2 is 0.889 bits per heavy atom. The fourth-order valence-corrected chi connectivity index (χ4v) is 7.46. The molecule has 0 atom stereocenters. The molecule has 0 unspecified atom stereocenters. The first-order valence-corrected chi connectivity index (χ1v) is 23.5. The van der Waals surface area contributed by atoms with Gasteiger partial charge in [0.05, 0.1) is 88.1 Å². The highest BCUT2D eigenvalue weighted by molar-refractivity contribution is 5.79. The highest BCUT2D eigenvalue weighted by Gasteiger charge is 2.12. The topological polar surface area (TPSA) is 184 Å². The number of nitrogens with zero attached hydrogens (tertiary/aromatic N) is 8. The van der Waals surface area contributed by atoms with Gasteiger partial charge >= 0.3 is 0 Å². The van der Waals surface area contributed by atoms with Crippen LogP contribution in [0, 0.1) is 11.6 Å². The molecule has 4 heterocycles. The van der Waals surface area contributed by atoms with Gasteiger partial charge in [0.1, 0.15) is 59.0 Å². The summed E-state index contributed by atoms with van der Waals surface area (Å²) in [6, 6.07) is 24.8. The standard InChI is InChI=1S/C52H56F2N8O10/c1-59(33-41-35-61(57-55-41)17-19-65-21-23-67-25-27-69-43-9-3-37(4-10-43)51-31-47(63)45-29-39(53)7-13-49(45)71-51)15-16-60(2)34-42-36-62(58-56-42)18-20-66-22-24-68-26-28-70-44-11-5-38(6-12-44)52-32-48(64)46-30-40(54)8-14-50(46)72-52/h3-14,29-32,35-36H,15-28,33-34H2,1-2H3. The Labute approximate surface area is 413 Å². The van der Waals surface area contributed by atoms with E-state index < -0.39 is 11.6 Å². The minimum absolute atomic E-state index is 0.201. The van der Waals surface area contributed by atoms with E-state index in [2.05, 4.69) is 44.5 Å². The summed E-state index contributed by atoms with van der Waals surface area (Å²) >= 11 is 0. The Hall–Kier alpha value is -7.20. The summed E-state index contributed by atoms with van der Waals surface area (Å²) in [6.45, 7) is 8.27. The molecule has 8 aromatic rings. The first-order chi connectivity index (χ1) is 35.1. The zero-order valence-electron chi connectivity index (χ0n) is 40.1. The summed E-state index contributed by atoms with van der Waals surface area (Å²) in [5.41, 5.74) is 3.19. The number of benzene rings is 4. The summed E-state index contributed by atoms with van der Waals surface area (Å²) in [6.07, 6.45) is 3.87. The monoisotopic (exact) mass is 990 g/mol. The lowest BCUT2D eigenvalue weighted by atomic mass is 10.1. The molecule has 0 amide bonds. The molecule has 18 nitrogen and oxygen atoms in total. The van der Waals surface area contributed by atoms with Crippen molar-refractivity contribution in [3.63, 3.8) is 0 Å². The van der Waals surface area contributed by atoms with E-state index in [-0.39, 0.29) is 21.6 Å². The Morgan fingerprint density at radius 3 is 1.31 bits per heavy atom. The molecule has 0 aliphatic rings. The molecule has 0 N–H and O–H groups in total. The zero-order chi connectivity index (χ0) is 50.1. The Bertz CT molecular complexity index is 2880. The summed E-state index contributed by atoms with van der Waals surface area (Å²) in [7, 11) is 4.11. The largest absolute Gasteiger partial charge is 0.491 e. The molecule has 8 rings (SSSR count). The van der Waals surface area contributed by atoms with Crippen molar-refractivity contribution in [3.05, 3.63) is 153 Å². The number of ether oxygens (including phenoxy) is 6. The van der Waals surface area contributed by atoms with E-state index in [1.807, 2.05) is 12.4 Å². The third kappa shape index (κ3) is 15.2. The second-order valence-electron chi connectivity index (χ2n) is 16.8. The van der Waals surface area contributed by atoms with E-state index >= 15 is 0 Å². The van der Waals surface area contributed by atoms with Gasteiger partial charge in [-0.15, -0.1) is 10.2 Å². The molecular formula is C52H56F2N8O10. The fourth-order valence-electron chi connectivity index (χ4n) is 7.46. The molecule has 0 radical (unpaired) electrons. The zero-order valence-corrected chi connectivity index (χ0v) is 40.1. The highest BCUT2D eigenvalue weighted by Crippen LogP contribution is 2.26. The van der Waals surface area contributed by atoms with Crippen LogP contribution in [-0.2, 0) is 45.1 Å². The van der Waals surface area contributed by atoms with Gasteiger partial charge < -0.3 is 37.3 Å². The van der Waals surface area contributed by atoms with Crippen molar-refractivity contribution in [3.8, 4) is 34.1 Å². The van der Waals surface area contributed by atoms with Crippen LogP contribution < -0.4 is 20.3 Å². The van der Waals surface area contributed by atoms with Crippen molar-refractivity contribution in [2.75, 3.05) is 93.3 Å². The van der Waals surface area contributed by atoms with E-state index in [0.29, 0.717) is 138 Å². The van der Waals surface area contributed by atoms with E-state index in [1.54, 1.807) is 57.9 Å². The van der Waals surface area contributed by atoms with Crippen LogP contribution in [-0.4, -0.2) is 133 Å². The number of hydrogen-bond acceptors (Lipinski definition) is 16. The van der Waals surface area contributed by atoms with Gasteiger partial charge in [0.2, 0.25) is 0 Å². The van der Waals surface area contributed by atoms with Gasteiger partial charge in [-0.1, -0.05) is 10.4 Å². The van der Waals surface area contributed by atoms with Crippen LogP contribution in [0.4, 0.5) is 8.78 Å². The lowest BCUT2D eigenvalue weighted by Crippen LogP contribution is -2.30. The van der Waals surface area contributed by atoms with Gasteiger partial charge in [0.25, 0.3) is 0 Å². The molecule has 378 valence electrons. The molecule has 72 heavy (non-hydrogen) atoms. The van der Waals surface area contributed by atoms with Gasteiger partial charge in [0, 0.05) is 61.8 Å². The molecule has 0 aliphatic heterocycles. The molecule has 0 bridgehead atoms. The number of aromatic nitrogens is 6. The third-order valence-electron chi connectivity index (χ3n) is 11.2. The normalized spacial score (nSPS) is 11.7. The summed E-state index contributed by atoms with van der Waals surface area (Å²) in [5, 5.41) is 17.5. The minimum Gasteiger partial charge on any atom is -0.491 e. The lowest BCUT2D eigenvalue weighted by molar-refractivity contribution is 0.0332. The van der Waals surface area contributed by atoms with Gasteiger partial charge in [-0.05, 0) is 99.0 Å². The van der Waals surface area contributed by atoms with Crippen LogP contribution in [0.25, 0.3) is 44.6 Å². The lowest BCUT2D eigenvalue weighted by Gasteiger charge is -2.20. The molecule has 0 aliphatic carbocycles. The second-order valence-corrected chi connectivity index (χ2v) is 16.8. The smallest absolute Gasteiger partial charge is 0.193 e. The van der Waals surface area contributed by atoms with Crippen LogP contribution in [0.3, 0.4) is 0 Å². The second kappa shape index (κ2) is 25.8.